The van der Waals surface area contributed by atoms with Gasteiger partial charge in [-0.3, -0.25) is 0 Å². The van der Waals surface area contributed by atoms with Crippen molar-refractivity contribution >= 4 is 11.8 Å². The summed E-state index contributed by atoms with van der Waals surface area (Å²) < 4.78 is 0. The maximum absolute atomic E-state index is 2.29. The molecule has 0 saturated carbocycles. The minimum Gasteiger partial charge on any atom is -0.159 e. The Morgan fingerprint density at radius 3 is 2.15 bits per heavy atom. The van der Waals surface area contributed by atoms with Crippen LogP contribution >= 0.6 is 11.8 Å². The van der Waals surface area contributed by atoms with Gasteiger partial charge < -0.3 is 0 Å². The lowest BCUT2D eigenvalue weighted by Crippen LogP contribution is -2.14. The van der Waals surface area contributed by atoms with E-state index in [4.69, 9.17) is 0 Å². The van der Waals surface area contributed by atoms with Crippen LogP contribution in [0.25, 0.3) is 0 Å². The highest BCUT2D eigenvalue weighted by atomic mass is 32.2. The van der Waals surface area contributed by atoms with E-state index < -0.39 is 0 Å². The summed E-state index contributed by atoms with van der Waals surface area (Å²) in [5.74, 6) is 1.43. The molecule has 0 N–H and O–H groups in total. The summed E-state index contributed by atoms with van der Waals surface area (Å²) in [7, 11) is 0. The Kier molecular flexibility index (Phi) is 6.79. The first-order valence-electron chi connectivity index (χ1n) is 6.05. The summed E-state index contributed by atoms with van der Waals surface area (Å²) in [6.45, 7) is 2.29. The van der Waals surface area contributed by atoms with Crippen LogP contribution in [0.2, 0.25) is 0 Å². The first kappa shape index (κ1) is 11.4. The molecule has 0 aliphatic carbocycles. The molecule has 1 rings (SSSR count). The molecule has 0 aromatic heterocycles. The molecule has 0 aromatic carbocycles. The van der Waals surface area contributed by atoms with Gasteiger partial charge in [0.2, 0.25) is 0 Å². The van der Waals surface area contributed by atoms with Crippen LogP contribution in [0.1, 0.15) is 64.7 Å². The van der Waals surface area contributed by atoms with E-state index in [9.17, 15) is 0 Å². The molecule has 0 amide bonds. The molecule has 1 aliphatic heterocycles. The molecule has 1 unspecified atom stereocenters. The molecule has 1 heterocycles. The normalized spacial score (nSPS) is 21.5. The summed E-state index contributed by atoms with van der Waals surface area (Å²) >= 11 is 2.18. The Bertz CT molecular complexity index is 108. The Morgan fingerprint density at radius 1 is 1.00 bits per heavy atom. The second-order valence-corrected chi connectivity index (χ2v) is 5.60. The SMILES string of the molecule is CCCCCCCCCC1CCS1. The monoisotopic (exact) mass is 200 g/mol. The van der Waals surface area contributed by atoms with Gasteiger partial charge in [0.15, 0.2) is 0 Å². The molecule has 1 aliphatic rings. The van der Waals surface area contributed by atoms with Gasteiger partial charge in [-0.05, 0) is 18.6 Å². The number of hydrogen-bond donors (Lipinski definition) is 0. The van der Waals surface area contributed by atoms with E-state index in [0.29, 0.717) is 0 Å². The third-order valence-corrected chi connectivity index (χ3v) is 4.34. The zero-order valence-corrected chi connectivity index (χ0v) is 9.87. The largest absolute Gasteiger partial charge is 0.159 e. The second kappa shape index (κ2) is 7.73. The van der Waals surface area contributed by atoms with Crippen LogP contribution in [0.15, 0.2) is 0 Å². The lowest BCUT2D eigenvalue weighted by molar-refractivity contribution is 0.561. The summed E-state index contributed by atoms with van der Waals surface area (Å²) in [5, 5.41) is 1.05. The average molecular weight is 200 g/mol. The second-order valence-electron chi connectivity index (χ2n) is 4.19. The quantitative estimate of drug-likeness (QED) is 0.515. The number of hydrogen-bond acceptors (Lipinski definition) is 1. The highest BCUT2D eigenvalue weighted by Gasteiger charge is 2.16. The van der Waals surface area contributed by atoms with Gasteiger partial charge in [-0.25, -0.2) is 0 Å². The number of rotatable bonds is 8. The van der Waals surface area contributed by atoms with Crippen molar-refractivity contribution in [1.29, 1.82) is 0 Å². The molecule has 13 heavy (non-hydrogen) atoms. The fourth-order valence-electron chi connectivity index (χ4n) is 1.84. The topological polar surface area (TPSA) is 0 Å². The van der Waals surface area contributed by atoms with Crippen LogP contribution in [-0.4, -0.2) is 11.0 Å². The van der Waals surface area contributed by atoms with E-state index in [-0.39, 0.29) is 0 Å². The molecule has 0 spiro atoms. The summed E-state index contributed by atoms with van der Waals surface area (Å²) in [5.41, 5.74) is 0. The van der Waals surface area contributed by atoms with Crippen molar-refractivity contribution in [2.24, 2.45) is 0 Å². The van der Waals surface area contributed by atoms with Gasteiger partial charge in [-0.2, -0.15) is 11.8 Å². The Morgan fingerprint density at radius 2 is 1.62 bits per heavy atom. The average Bonchev–Trinajstić information content (AvgIpc) is 2.07. The van der Waals surface area contributed by atoms with Crippen molar-refractivity contribution in [2.75, 3.05) is 5.75 Å². The highest BCUT2D eigenvalue weighted by Crippen LogP contribution is 2.31. The van der Waals surface area contributed by atoms with Crippen LogP contribution < -0.4 is 0 Å². The summed E-state index contributed by atoms with van der Waals surface area (Å²) in [6.07, 6.45) is 13.2. The molecule has 1 saturated heterocycles. The first-order valence-corrected chi connectivity index (χ1v) is 7.10. The zero-order chi connectivity index (χ0) is 9.36. The van der Waals surface area contributed by atoms with Gasteiger partial charge in [-0.15, -0.1) is 0 Å². The first-order chi connectivity index (χ1) is 6.43. The lowest BCUT2D eigenvalue weighted by atomic mass is 10.1. The minimum absolute atomic E-state index is 1.05. The van der Waals surface area contributed by atoms with Crippen molar-refractivity contribution in [3.8, 4) is 0 Å². The highest BCUT2D eigenvalue weighted by molar-refractivity contribution is 8.01. The van der Waals surface area contributed by atoms with E-state index >= 15 is 0 Å². The lowest BCUT2D eigenvalue weighted by Gasteiger charge is -2.24. The van der Waals surface area contributed by atoms with Gasteiger partial charge in [-0.1, -0.05) is 51.9 Å². The number of unbranched alkanes of at least 4 members (excludes halogenated alkanes) is 6. The van der Waals surface area contributed by atoms with Crippen molar-refractivity contribution in [3.63, 3.8) is 0 Å². The third-order valence-electron chi connectivity index (χ3n) is 2.92. The predicted molar refractivity (Wildman–Crippen MR) is 63.5 cm³/mol. The van der Waals surface area contributed by atoms with Gasteiger partial charge in [0.1, 0.15) is 0 Å². The molecule has 78 valence electrons. The van der Waals surface area contributed by atoms with Crippen molar-refractivity contribution in [2.45, 2.75) is 70.0 Å². The Labute approximate surface area is 87.9 Å². The van der Waals surface area contributed by atoms with Crippen molar-refractivity contribution < 1.29 is 0 Å². The van der Waals surface area contributed by atoms with Gasteiger partial charge in [0, 0.05) is 5.25 Å². The van der Waals surface area contributed by atoms with Crippen molar-refractivity contribution in [1.82, 2.24) is 0 Å². The molecular formula is C12H24S. The van der Waals surface area contributed by atoms with E-state index in [1.807, 2.05) is 0 Å². The molecule has 0 nitrogen and oxygen atoms in total. The predicted octanol–water partition coefficient (Wildman–Crippen LogP) is 4.63. The van der Waals surface area contributed by atoms with Crippen LogP contribution in [0.3, 0.4) is 0 Å². The van der Waals surface area contributed by atoms with Gasteiger partial charge >= 0.3 is 0 Å². The number of thioether (sulfide) groups is 1. The fourth-order valence-corrected chi connectivity index (χ4v) is 2.74. The smallest absolute Gasteiger partial charge is 0.00549 e. The Hall–Kier alpha value is 0.350. The van der Waals surface area contributed by atoms with Crippen LogP contribution in [-0.2, 0) is 0 Å². The van der Waals surface area contributed by atoms with Crippen LogP contribution in [0.5, 0.6) is 0 Å². The molecule has 0 aromatic rings. The van der Waals surface area contributed by atoms with Crippen molar-refractivity contribution in [3.05, 3.63) is 0 Å². The maximum atomic E-state index is 2.29. The van der Waals surface area contributed by atoms with Gasteiger partial charge in [0.05, 0.1) is 0 Å². The molecule has 1 fully saturated rings. The van der Waals surface area contributed by atoms with Crippen LogP contribution in [0.4, 0.5) is 0 Å². The van der Waals surface area contributed by atoms with E-state index in [2.05, 4.69) is 18.7 Å². The van der Waals surface area contributed by atoms with E-state index in [1.165, 1.54) is 63.5 Å². The van der Waals surface area contributed by atoms with Gasteiger partial charge in [0.25, 0.3) is 0 Å². The summed E-state index contributed by atoms with van der Waals surface area (Å²) in [6, 6.07) is 0. The molecular weight excluding hydrogens is 176 g/mol. The van der Waals surface area contributed by atoms with E-state index in [0.717, 1.165) is 5.25 Å². The summed E-state index contributed by atoms with van der Waals surface area (Å²) in [4.78, 5) is 0. The molecule has 0 bridgehead atoms. The Balaban J connectivity index is 1.68. The van der Waals surface area contributed by atoms with Crippen LogP contribution in [0, 0.1) is 0 Å². The zero-order valence-electron chi connectivity index (χ0n) is 9.06. The molecule has 0 radical (unpaired) electrons. The van der Waals surface area contributed by atoms with E-state index in [1.54, 1.807) is 0 Å². The third kappa shape index (κ3) is 5.61. The maximum Gasteiger partial charge on any atom is 0.00549 e. The fraction of sp³-hybridized carbons (Fsp3) is 1.00. The molecule has 1 atom stereocenters. The molecule has 1 heteroatoms. The minimum atomic E-state index is 1.05. The standard InChI is InChI=1S/C12H24S/c1-2-3-4-5-6-7-8-9-12-10-11-13-12/h12H,2-11H2,1H3.